The van der Waals surface area contributed by atoms with Gasteiger partial charge in [0.1, 0.15) is 39.6 Å². The highest BCUT2D eigenvalue weighted by atomic mass is 19.1. The Morgan fingerprint density at radius 3 is 1.31 bits per heavy atom. The van der Waals surface area contributed by atoms with Crippen LogP contribution in [0.3, 0.4) is 0 Å². The van der Waals surface area contributed by atoms with Gasteiger partial charge in [0.2, 0.25) is 35.7 Å². The molecule has 3 aromatic carbocycles. The number of ether oxygens (including phenoxy) is 3. The van der Waals surface area contributed by atoms with E-state index < -0.39 is 29.9 Å². The minimum atomic E-state index is -0.649. The summed E-state index contributed by atoms with van der Waals surface area (Å²) in [4.78, 5) is 113. The number of hydrogen-bond acceptors (Lipinski definition) is 25. The van der Waals surface area contributed by atoms with Crippen molar-refractivity contribution in [3.05, 3.63) is 201 Å². The number of benzene rings is 3. The van der Waals surface area contributed by atoms with Crippen molar-refractivity contribution in [2.45, 2.75) is 33.9 Å². The molecule has 0 saturated carbocycles. The third-order valence-corrected chi connectivity index (χ3v) is 16.2. The summed E-state index contributed by atoms with van der Waals surface area (Å²) in [6.45, 7) is 12.3. The van der Waals surface area contributed by atoms with E-state index in [1.165, 1.54) is 36.7 Å². The summed E-state index contributed by atoms with van der Waals surface area (Å²) < 4.78 is 44.7. The van der Waals surface area contributed by atoms with Crippen LogP contribution in [0.2, 0.25) is 0 Å². The third-order valence-electron chi connectivity index (χ3n) is 16.2. The lowest BCUT2D eigenvalue weighted by molar-refractivity contribution is 0.0398. The molecule has 1 aliphatic rings. The maximum Gasteiger partial charge on any atom is 0.413 e. The van der Waals surface area contributed by atoms with Crippen LogP contribution in [0.5, 0.6) is 0 Å². The van der Waals surface area contributed by atoms with E-state index in [4.69, 9.17) is 14.2 Å². The van der Waals surface area contributed by atoms with Crippen molar-refractivity contribution in [1.82, 2.24) is 99.9 Å². The molecule has 12 heterocycles. The Kier molecular flexibility index (Phi) is 23.4. The van der Waals surface area contributed by atoms with Gasteiger partial charge in [-0.3, -0.25) is 40.8 Å². The van der Waals surface area contributed by atoms with Crippen molar-refractivity contribution in [3.8, 4) is 67.3 Å². The number of imidazole rings is 3. The number of rotatable bonds is 22. The fourth-order valence-electron chi connectivity index (χ4n) is 11.2. The van der Waals surface area contributed by atoms with Crippen LogP contribution in [0.25, 0.3) is 100 Å². The molecule has 0 aliphatic carbocycles. The first-order valence-electron chi connectivity index (χ1n) is 34.2. The van der Waals surface area contributed by atoms with Gasteiger partial charge in [-0.25, -0.2) is 78.0 Å². The fourth-order valence-corrected chi connectivity index (χ4v) is 11.2. The summed E-state index contributed by atoms with van der Waals surface area (Å²) in [5.41, 5.74) is 11.6. The SMILES string of the molecule is CCNC(=O)Nc1nc2c(-c3ncccc3F)cc(-c3cnc(NCc4ccccn4)nc3)cc2[nH]1.CCOC(=O)Nc1nc2c(-c3ncccc3F)cc(-c3cnc(NCc4ccccn4)nc3)cc2[nH]1.CCOC(=O)Nc1nc2c(-c3ncccn3)cc(-c3cnc(NCCN4CCOCC4)nc3)cc2[nH]1. The molecule has 0 atom stereocenters. The molecule has 11 aromatic heterocycles. The van der Waals surface area contributed by atoms with Crippen LogP contribution >= 0.6 is 0 Å². The number of nitrogens with one attached hydrogen (secondary N) is 10. The Morgan fingerprint density at radius 2 is 0.880 bits per heavy atom. The van der Waals surface area contributed by atoms with Crippen LogP contribution in [0.1, 0.15) is 32.2 Å². The molecule has 10 N–H and O–H groups in total. The predicted octanol–water partition coefficient (Wildman–Crippen LogP) is 12.0. The quantitative estimate of drug-likeness (QED) is 0.0301. The topological polar surface area (TPSA) is 407 Å². The number of halogens is 2. The summed E-state index contributed by atoms with van der Waals surface area (Å²) >= 11 is 0. The van der Waals surface area contributed by atoms with Crippen LogP contribution < -0.4 is 37.2 Å². The van der Waals surface area contributed by atoms with E-state index in [1.807, 2.05) is 67.6 Å². The molecular formula is C74H70F2N26O6. The maximum atomic E-state index is 14.7. The molecule has 1 fully saturated rings. The number of aromatic nitrogens is 18. The lowest BCUT2D eigenvalue weighted by Gasteiger charge is -2.26. The van der Waals surface area contributed by atoms with Crippen LogP contribution in [0, 0.1) is 11.6 Å². The van der Waals surface area contributed by atoms with Gasteiger partial charge in [0, 0.05) is 140 Å². The zero-order valence-corrected chi connectivity index (χ0v) is 58.4. The number of amides is 4. The predicted molar refractivity (Wildman–Crippen MR) is 402 cm³/mol. The Morgan fingerprint density at radius 1 is 0.463 bits per heavy atom. The Labute approximate surface area is 614 Å². The number of carbonyl (C=O) groups is 3. The van der Waals surface area contributed by atoms with Gasteiger partial charge in [0.15, 0.2) is 5.82 Å². The van der Waals surface area contributed by atoms with E-state index in [0.717, 1.165) is 67.5 Å². The first-order valence-corrected chi connectivity index (χ1v) is 34.2. The zero-order valence-electron chi connectivity index (χ0n) is 58.4. The molecule has 0 radical (unpaired) electrons. The molecule has 4 amide bonds. The van der Waals surface area contributed by atoms with Crippen LogP contribution in [-0.2, 0) is 27.3 Å². The number of morpholine rings is 1. The average Bonchev–Trinajstić information content (AvgIpc) is 1.56. The number of aromatic amines is 3. The summed E-state index contributed by atoms with van der Waals surface area (Å²) in [6.07, 6.45) is 18.8. The molecule has 1 saturated heterocycles. The highest BCUT2D eigenvalue weighted by Gasteiger charge is 2.22. The standard InChI is InChI=1S/C25H22FN9O.C25H21FN8O2.C24H27N9O3/c1-2-27-25(36)35-24-33-20-11-15(10-18(22(20)34-24)21-19(26)7-5-9-29-21)16-12-30-23(31-13-16)32-14-17-6-3-4-8-28-17;1-2-36-25(35)34-24-32-20-11-15(10-18(22(20)33-24)21-19(26)7-5-9-28-21)16-12-29-23(30-13-16)31-14-17-6-3-4-8-27-17;1-2-36-24(34)32-23-30-19-13-16(12-18(20(19)31-23)21-25-4-3-5-26-21)17-14-28-22(29-15-17)27-6-7-33-8-10-35-11-9-33/h3-13H,2,14H2,1H3,(H,30,31,32)(H3,27,33,34,35,36);3-13H,2,14H2,1H3,(H,29,30,31)(H2,32,33,34,35);3-5,12-15H,2,6-11H2,1H3,(H,27,28,29)(H2,30,31,32,34). The van der Waals surface area contributed by atoms with Crippen LogP contribution in [0.4, 0.5) is 58.9 Å². The van der Waals surface area contributed by atoms with Crippen LogP contribution in [-0.4, -0.2) is 172 Å². The third kappa shape index (κ3) is 18.5. The van der Waals surface area contributed by atoms with E-state index in [0.29, 0.717) is 110 Å². The molecular weight excluding hydrogens is 1390 g/mol. The smallest absolute Gasteiger partial charge is 0.413 e. The molecule has 1 aliphatic heterocycles. The lowest BCUT2D eigenvalue weighted by Crippen LogP contribution is -2.39. The first kappa shape index (κ1) is 72.3. The molecule has 546 valence electrons. The fraction of sp³-hybridized carbons (Fsp3) is 0.189. The van der Waals surface area contributed by atoms with Crippen molar-refractivity contribution in [2.24, 2.45) is 0 Å². The summed E-state index contributed by atoms with van der Waals surface area (Å²) in [7, 11) is 0. The van der Waals surface area contributed by atoms with E-state index in [2.05, 4.69) is 132 Å². The van der Waals surface area contributed by atoms with Gasteiger partial charge in [0.25, 0.3) is 0 Å². The van der Waals surface area contributed by atoms with Gasteiger partial charge < -0.3 is 50.4 Å². The minimum absolute atomic E-state index is 0.133. The number of H-pyrrole nitrogens is 3. The second-order valence-corrected chi connectivity index (χ2v) is 23.5. The number of urea groups is 1. The van der Waals surface area contributed by atoms with E-state index >= 15 is 0 Å². The monoisotopic (exact) mass is 1460 g/mol. The molecule has 0 spiro atoms. The van der Waals surface area contributed by atoms with Crippen molar-refractivity contribution < 1.29 is 37.4 Å². The largest absolute Gasteiger partial charge is 0.450 e. The van der Waals surface area contributed by atoms with E-state index in [9.17, 15) is 23.2 Å². The van der Waals surface area contributed by atoms with Crippen molar-refractivity contribution in [1.29, 1.82) is 0 Å². The molecule has 0 bridgehead atoms. The Bertz CT molecular complexity index is 5140. The highest BCUT2D eigenvalue weighted by Crippen LogP contribution is 2.37. The molecule has 0 unspecified atom stereocenters. The lowest BCUT2D eigenvalue weighted by atomic mass is 10.0. The second kappa shape index (κ2) is 35.0. The highest BCUT2D eigenvalue weighted by molar-refractivity contribution is 6.00. The van der Waals surface area contributed by atoms with Gasteiger partial charge in [-0.1, -0.05) is 12.1 Å². The Balaban J connectivity index is 0.000000143. The molecule has 15 rings (SSSR count). The molecule has 32 nitrogen and oxygen atoms in total. The summed E-state index contributed by atoms with van der Waals surface area (Å²) in [5.74, 6) is 1.68. The van der Waals surface area contributed by atoms with Gasteiger partial charge in [-0.05, 0) is 128 Å². The molecule has 34 heteroatoms. The second-order valence-electron chi connectivity index (χ2n) is 23.5. The van der Waals surface area contributed by atoms with E-state index in [1.54, 1.807) is 94.0 Å². The normalized spacial score (nSPS) is 11.9. The first-order chi connectivity index (χ1) is 52.9. The van der Waals surface area contributed by atoms with E-state index in [-0.39, 0.29) is 42.4 Å². The molecule has 108 heavy (non-hydrogen) atoms. The number of carbonyl (C=O) groups excluding carboxylic acids is 3. The number of hydrogen-bond donors (Lipinski definition) is 10. The Hall–Kier alpha value is -14.0. The number of anilines is 6. The summed E-state index contributed by atoms with van der Waals surface area (Å²) in [5, 5.41) is 20.0. The van der Waals surface area contributed by atoms with Crippen molar-refractivity contribution in [3.63, 3.8) is 0 Å². The van der Waals surface area contributed by atoms with Crippen LogP contribution in [0.15, 0.2) is 177 Å². The summed E-state index contributed by atoms with van der Waals surface area (Å²) in [6, 6.07) is 29.5. The van der Waals surface area contributed by atoms with Gasteiger partial charge in [-0.15, -0.1) is 0 Å². The maximum absolute atomic E-state index is 14.7. The minimum Gasteiger partial charge on any atom is -0.450 e. The van der Waals surface area contributed by atoms with Gasteiger partial charge in [0.05, 0.1) is 67.5 Å². The van der Waals surface area contributed by atoms with Crippen molar-refractivity contribution in [2.75, 3.05) is 91.1 Å². The number of pyridine rings is 4. The zero-order chi connectivity index (χ0) is 74.6. The van der Waals surface area contributed by atoms with Gasteiger partial charge in [-0.2, -0.15) is 0 Å². The molecule has 14 aromatic rings. The average molecular weight is 1460 g/mol. The van der Waals surface area contributed by atoms with Crippen molar-refractivity contribution >= 4 is 87.0 Å². The number of nitrogens with zero attached hydrogens (tertiary/aromatic N) is 16. The number of fused-ring (bicyclic) bond motifs is 3. The van der Waals surface area contributed by atoms with Gasteiger partial charge >= 0.3 is 18.2 Å².